The highest BCUT2D eigenvalue weighted by atomic mass is 32.2. The van der Waals surface area contributed by atoms with E-state index in [1.54, 1.807) is 0 Å². The lowest BCUT2D eigenvalue weighted by Gasteiger charge is -2.29. The second kappa shape index (κ2) is 7.17. The topological polar surface area (TPSA) is 15.3 Å². The van der Waals surface area contributed by atoms with Crippen LogP contribution < -0.4 is 5.32 Å². The molecule has 100 valence electrons. The molecule has 0 spiro atoms. The van der Waals surface area contributed by atoms with E-state index in [9.17, 15) is 0 Å². The summed E-state index contributed by atoms with van der Waals surface area (Å²) in [6, 6.07) is 9.02. The fourth-order valence-corrected chi connectivity index (χ4v) is 2.97. The number of hydrogen-bond acceptors (Lipinski definition) is 3. The molecule has 1 fully saturated rings. The van der Waals surface area contributed by atoms with Crippen LogP contribution in [0.4, 0.5) is 0 Å². The normalized spacial score (nSPS) is 18.8. The highest BCUT2D eigenvalue weighted by Gasteiger charge is 2.13. The molecule has 0 bridgehead atoms. The van der Waals surface area contributed by atoms with E-state index in [2.05, 4.69) is 47.7 Å². The van der Waals surface area contributed by atoms with Crippen LogP contribution >= 0.6 is 11.8 Å². The molecule has 0 amide bonds. The minimum atomic E-state index is 0.739. The van der Waals surface area contributed by atoms with Gasteiger partial charge in [0, 0.05) is 37.6 Å². The van der Waals surface area contributed by atoms with Crippen LogP contribution in [0.2, 0.25) is 0 Å². The van der Waals surface area contributed by atoms with Crippen molar-refractivity contribution < 1.29 is 0 Å². The molecule has 0 saturated carbocycles. The smallest absolute Gasteiger partial charge is 0.0107 e. The molecule has 0 aromatic heterocycles. The van der Waals surface area contributed by atoms with Crippen molar-refractivity contribution in [2.45, 2.75) is 18.2 Å². The Morgan fingerprint density at radius 1 is 1.22 bits per heavy atom. The maximum atomic E-state index is 3.41. The van der Waals surface area contributed by atoms with Crippen molar-refractivity contribution >= 4 is 11.8 Å². The molecule has 3 heteroatoms. The summed E-state index contributed by atoms with van der Waals surface area (Å²) in [5.41, 5.74) is 1.47. The number of nitrogens with one attached hydrogen (secondary N) is 1. The molecule has 18 heavy (non-hydrogen) atoms. The van der Waals surface area contributed by atoms with Gasteiger partial charge in [0.1, 0.15) is 0 Å². The lowest BCUT2D eigenvalue weighted by molar-refractivity contribution is 0.211. The predicted molar refractivity (Wildman–Crippen MR) is 80.4 cm³/mol. The highest BCUT2D eigenvalue weighted by Crippen LogP contribution is 2.17. The van der Waals surface area contributed by atoms with E-state index >= 15 is 0 Å². The van der Waals surface area contributed by atoms with Gasteiger partial charge in [0.15, 0.2) is 0 Å². The molecule has 1 aromatic rings. The van der Waals surface area contributed by atoms with Crippen LogP contribution in [0.15, 0.2) is 29.2 Å². The summed E-state index contributed by atoms with van der Waals surface area (Å²) in [7, 11) is 0. The summed E-state index contributed by atoms with van der Waals surface area (Å²) in [5, 5.41) is 3.41. The third-order valence-electron chi connectivity index (χ3n) is 3.52. The first-order chi connectivity index (χ1) is 8.78. The van der Waals surface area contributed by atoms with Gasteiger partial charge in [-0.15, -0.1) is 11.8 Å². The summed E-state index contributed by atoms with van der Waals surface area (Å²) in [6.07, 6.45) is 3.32. The Kier molecular flexibility index (Phi) is 5.54. The zero-order chi connectivity index (χ0) is 12.8. The van der Waals surface area contributed by atoms with E-state index < -0.39 is 0 Å². The summed E-state index contributed by atoms with van der Waals surface area (Å²) < 4.78 is 0. The van der Waals surface area contributed by atoms with Gasteiger partial charge in [0.2, 0.25) is 0 Å². The van der Waals surface area contributed by atoms with Crippen molar-refractivity contribution in [2.75, 3.05) is 39.0 Å². The van der Waals surface area contributed by atoms with E-state index in [4.69, 9.17) is 0 Å². The first-order valence-corrected chi connectivity index (χ1v) is 8.06. The minimum Gasteiger partial charge on any atom is -0.314 e. The fraction of sp³-hybridized carbons (Fsp3) is 0.600. The van der Waals surface area contributed by atoms with Crippen LogP contribution in [0.5, 0.6) is 0 Å². The predicted octanol–water partition coefficient (Wildman–Crippen LogP) is 2.49. The molecule has 0 aliphatic carbocycles. The lowest BCUT2D eigenvalue weighted by Crippen LogP contribution is -2.45. The summed E-state index contributed by atoms with van der Waals surface area (Å²) in [5.74, 6) is 0.739. The Balaban J connectivity index is 1.80. The molecule has 1 unspecified atom stereocenters. The Labute approximate surface area is 115 Å². The summed E-state index contributed by atoms with van der Waals surface area (Å²) >= 11 is 1.81. The van der Waals surface area contributed by atoms with Gasteiger partial charge in [0.05, 0.1) is 0 Å². The third kappa shape index (κ3) is 4.30. The van der Waals surface area contributed by atoms with Crippen molar-refractivity contribution in [3.8, 4) is 0 Å². The van der Waals surface area contributed by atoms with E-state index in [1.165, 1.54) is 36.5 Å². The molecule has 1 aromatic carbocycles. The molecule has 2 nitrogen and oxygen atoms in total. The zero-order valence-corrected chi connectivity index (χ0v) is 12.3. The molecule has 1 saturated heterocycles. The average Bonchev–Trinajstić information content (AvgIpc) is 2.40. The monoisotopic (exact) mass is 264 g/mol. The molecule has 0 radical (unpaired) electrons. The van der Waals surface area contributed by atoms with Crippen LogP contribution in [-0.2, 0) is 6.42 Å². The molecular weight excluding hydrogens is 240 g/mol. The molecule has 1 atom stereocenters. The van der Waals surface area contributed by atoms with Crippen molar-refractivity contribution in [3.63, 3.8) is 0 Å². The van der Waals surface area contributed by atoms with Gasteiger partial charge >= 0.3 is 0 Å². The Morgan fingerprint density at radius 3 is 2.50 bits per heavy atom. The second-order valence-electron chi connectivity index (χ2n) is 5.21. The lowest BCUT2D eigenvalue weighted by atomic mass is 10.0. The summed E-state index contributed by atoms with van der Waals surface area (Å²) in [4.78, 5) is 3.94. The number of nitrogens with zero attached hydrogens (tertiary/aromatic N) is 1. The van der Waals surface area contributed by atoms with Crippen LogP contribution in [0, 0.1) is 5.92 Å². The van der Waals surface area contributed by atoms with Gasteiger partial charge in [-0.3, -0.25) is 0 Å². The molecule has 1 aliphatic rings. The Morgan fingerprint density at radius 2 is 1.89 bits per heavy atom. The number of piperazine rings is 1. The zero-order valence-electron chi connectivity index (χ0n) is 11.5. The minimum absolute atomic E-state index is 0.739. The quantitative estimate of drug-likeness (QED) is 0.823. The molecule has 1 N–H and O–H groups in total. The van der Waals surface area contributed by atoms with Crippen molar-refractivity contribution in [1.82, 2.24) is 10.2 Å². The highest BCUT2D eigenvalue weighted by molar-refractivity contribution is 7.98. The van der Waals surface area contributed by atoms with Gasteiger partial charge in [-0.2, -0.15) is 0 Å². The van der Waals surface area contributed by atoms with Crippen LogP contribution in [0.3, 0.4) is 0 Å². The molecular formula is C15H24N2S. The number of rotatable bonds is 5. The van der Waals surface area contributed by atoms with Crippen molar-refractivity contribution in [2.24, 2.45) is 5.92 Å². The SMILES string of the molecule is CSc1ccc(CC(C)CN2CCNCC2)cc1. The van der Waals surface area contributed by atoms with Gasteiger partial charge < -0.3 is 10.2 Å². The van der Waals surface area contributed by atoms with Gasteiger partial charge in [-0.1, -0.05) is 19.1 Å². The largest absolute Gasteiger partial charge is 0.314 e. The Bertz CT molecular complexity index is 344. The molecule has 2 rings (SSSR count). The number of benzene rings is 1. The Hall–Kier alpha value is -0.510. The number of thioether (sulfide) groups is 1. The van der Waals surface area contributed by atoms with E-state index in [0.29, 0.717) is 0 Å². The van der Waals surface area contributed by atoms with Crippen molar-refractivity contribution in [3.05, 3.63) is 29.8 Å². The van der Waals surface area contributed by atoms with Gasteiger partial charge in [0.25, 0.3) is 0 Å². The molecule has 1 heterocycles. The van der Waals surface area contributed by atoms with Crippen molar-refractivity contribution in [1.29, 1.82) is 0 Å². The standard InChI is InChI=1S/C15H24N2S/c1-13(12-17-9-7-16-8-10-17)11-14-3-5-15(18-2)6-4-14/h3-6,13,16H,7-12H2,1-2H3. The van der Waals surface area contributed by atoms with Gasteiger partial charge in [-0.25, -0.2) is 0 Å². The van der Waals surface area contributed by atoms with E-state index in [-0.39, 0.29) is 0 Å². The molecule has 1 aliphatic heterocycles. The van der Waals surface area contributed by atoms with E-state index in [0.717, 1.165) is 19.0 Å². The second-order valence-corrected chi connectivity index (χ2v) is 6.09. The fourth-order valence-electron chi connectivity index (χ4n) is 2.56. The number of hydrogen-bond donors (Lipinski definition) is 1. The first kappa shape index (κ1) is 13.9. The van der Waals surface area contributed by atoms with E-state index in [1.807, 2.05) is 11.8 Å². The third-order valence-corrected chi connectivity index (χ3v) is 4.27. The average molecular weight is 264 g/mol. The van der Waals surface area contributed by atoms with Crippen LogP contribution in [-0.4, -0.2) is 43.9 Å². The first-order valence-electron chi connectivity index (χ1n) is 6.84. The van der Waals surface area contributed by atoms with Crippen LogP contribution in [0.1, 0.15) is 12.5 Å². The maximum Gasteiger partial charge on any atom is 0.0107 e. The van der Waals surface area contributed by atoms with Crippen LogP contribution in [0.25, 0.3) is 0 Å². The summed E-state index contributed by atoms with van der Waals surface area (Å²) in [6.45, 7) is 8.30. The maximum absolute atomic E-state index is 3.41. The van der Waals surface area contributed by atoms with Gasteiger partial charge in [-0.05, 0) is 36.3 Å².